The minimum atomic E-state index is -1.09. The number of halogens is 1. The molecule has 0 saturated heterocycles. The summed E-state index contributed by atoms with van der Waals surface area (Å²) >= 11 is 0. The summed E-state index contributed by atoms with van der Waals surface area (Å²) in [6.45, 7) is 0. The lowest BCUT2D eigenvalue weighted by molar-refractivity contribution is -0.386. The van der Waals surface area contributed by atoms with Crippen LogP contribution in [0.5, 0.6) is 5.75 Å². The number of phenolic OH excluding ortho intramolecular Hbond substituents is 1. The molecule has 18 heavy (non-hydrogen) atoms. The quantitative estimate of drug-likeness (QED) is 0.473. The number of nitro benzene ring substituents is 1. The van der Waals surface area contributed by atoms with E-state index in [1.807, 2.05) is 0 Å². The molecule has 7 nitrogen and oxygen atoms in total. The van der Waals surface area contributed by atoms with Crippen molar-refractivity contribution in [3.63, 3.8) is 0 Å². The van der Waals surface area contributed by atoms with Gasteiger partial charge in [-0.3, -0.25) is 14.9 Å². The third-order valence-corrected chi connectivity index (χ3v) is 2.29. The smallest absolute Gasteiger partial charge is 0.313 e. The summed E-state index contributed by atoms with van der Waals surface area (Å²) in [6.07, 6.45) is -0.329. The van der Waals surface area contributed by atoms with E-state index in [4.69, 9.17) is 5.73 Å². The summed E-state index contributed by atoms with van der Waals surface area (Å²) < 4.78 is 17.5. The highest BCUT2D eigenvalue weighted by Gasteiger charge is 2.24. The number of rotatable bonds is 4. The summed E-state index contributed by atoms with van der Waals surface area (Å²) in [6, 6.07) is 0.325. The van der Waals surface area contributed by atoms with Gasteiger partial charge < -0.3 is 15.6 Å². The van der Waals surface area contributed by atoms with Crippen LogP contribution in [-0.2, 0) is 9.53 Å². The second-order valence-corrected chi connectivity index (χ2v) is 3.51. The zero-order valence-corrected chi connectivity index (χ0v) is 9.42. The van der Waals surface area contributed by atoms with E-state index >= 15 is 0 Å². The van der Waals surface area contributed by atoms with Crippen LogP contribution in [0.25, 0.3) is 0 Å². The molecule has 0 saturated carbocycles. The van der Waals surface area contributed by atoms with Crippen LogP contribution in [0.2, 0.25) is 0 Å². The molecule has 0 aliphatic carbocycles. The molecule has 0 aliphatic heterocycles. The average Bonchev–Trinajstić information content (AvgIpc) is 2.30. The monoisotopic (exact) mass is 258 g/mol. The number of ether oxygens (including phenoxy) is 1. The number of nitro groups is 1. The highest BCUT2D eigenvalue weighted by Crippen LogP contribution is 2.34. The maximum Gasteiger partial charge on any atom is 0.313 e. The van der Waals surface area contributed by atoms with E-state index in [0.29, 0.717) is 6.07 Å². The number of nitrogens with two attached hydrogens (primary N) is 1. The first-order chi connectivity index (χ1) is 8.36. The van der Waals surface area contributed by atoms with Gasteiger partial charge in [0.2, 0.25) is 0 Å². The maximum atomic E-state index is 13.2. The first-order valence-electron chi connectivity index (χ1n) is 4.86. The van der Waals surface area contributed by atoms with Gasteiger partial charge in [-0.1, -0.05) is 0 Å². The van der Waals surface area contributed by atoms with Crippen LogP contribution in [0.4, 0.5) is 10.1 Å². The highest BCUT2D eigenvalue weighted by molar-refractivity contribution is 5.70. The molecular formula is C10H11FN2O5. The van der Waals surface area contributed by atoms with E-state index in [1.54, 1.807) is 0 Å². The average molecular weight is 258 g/mol. The molecule has 0 aliphatic rings. The summed E-state index contributed by atoms with van der Waals surface area (Å²) in [5.41, 5.74) is 4.54. The van der Waals surface area contributed by atoms with Gasteiger partial charge in [0.25, 0.3) is 0 Å². The normalized spacial score (nSPS) is 11.9. The number of aromatic hydroxyl groups is 1. The number of methoxy groups -OCH3 is 1. The van der Waals surface area contributed by atoms with Crippen LogP contribution in [0, 0.1) is 15.9 Å². The summed E-state index contributed by atoms with van der Waals surface area (Å²) in [5, 5.41) is 20.2. The molecule has 1 rings (SSSR count). The van der Waals surface area contributed by atoms with Gasteiger partial charge in [0.15, 0.2) is 5.75 Å². The van der Waals surface area contributed by atoms with Crippen molar-refractivity contribution >= 4 is 11.7 Å². The Morgan fingerprint density at radius 2 is 2.28 bits per heavy atom. The second-order valence-electron chi connectivity index (χ2n) is 3.51. The molecule has 8 heteroatoms. The Labute approximate surface area is 101 Å². The SMILES string of the molecule is COC(=O)C[C@H](N)c1cc(F)cc([N+](=O)[O-])c1O. The first-order valence-corrected chi connectivity index (χ1v) is 4.86. The van der Waals surface area contributed by atoms with Gasteiger partial charge in [0, 0.05) is 11.6 Å². The third-order valence-electron chi connectivity index (χ3n) is 2.29. The molecule has 1 atom stereocenters. The molecule has 0 amide bonds. The Bertz CT molecular complexity index is 491. The fraction of sp³-hybridized carbons (Fsp3) is 0.300. The zero-order valence-electron chi connectivity index (χ0n) is 9.42. The molecule has 0 spiro atoms. The van der Waals surface area contributed by atoms with Gasteiger partial charge in [-0.15, -0.1) is 0 Å². The molecule has 3 N–H and O–H groups in total. The van der Waals surface area contributed by atoms with Gasteiger partial charge in [0.1, 0.15) is 5.82 Å². The molecule has 98 valence electrons. The molecule has 1 aromatic carbocycles. The molecule has 0 aromatic heterocycles. The van der Waals surface area contributed by atoms with Gasteiger partial charge in [-0.25, -0.2) is 4.39 Å². The Balaban J connectivity index is 3.16. The minimum absolute atomic E-state index is 0.216. The van der Waals surface area contributed by atoms with Gasteiger partial charge in [-0.05, 0) is 6.07 Å². The molecule has 1 aromatic rings. The minimum Gasteiger partial charge on any atom is -0.502 e. The van der Waals surface area contributed by atoms with E-state index in [-0.39, 0.29) is 12.0 Å². The lowest BCUT2D eigenvalue weighted by Gasteiger charge is -2.12. The first kappa shape index (κ1) is 13.8. The predicted molar refractivity (Wildman–Crippen MR) is 58.3 cm³/mol. The maximum absolute atomic E-state index is 13.2. The Hall–Kier alpha value is -2.22. The number of benzene rings is 1. The standard InChI is InChI=1S/C10H11FN2O5/c1-18-9(14)4-7(12)6-2-5(11)3-8(10(6)15)13(16)17/h2-3,7,15H,4,12H2,1H3/t7-/m0/s1. The number of carbonyl (C=O) groups is 1. The molecule has 0 heterocycles. The molecule has 0 radical (unpaired) electrons. The van der Waals surface area contributed by atoms with E-state index in [9.17, 15) is 24.4 Å². The van der Waals surface area contributed by atoms with Crippen molar-refractivity contribution in [1.82, 2.24) is 0 Å². The number of hydrogen-bond donors (Lipinski definition) is 2. The number of nitrogens with zero attached hydrogens (tertiary/aromatic N) is 1. The van der Waals surface area contributed by atoms with Crippen molar-refractivity contribution in [2.45, 2.75) is 12.5 Å². The van der Waals surface area contributed by atoms with Crippen molar-refractivity contribution in [2.24, 2.45) is 5.73 Å². The number of phenols is 1. The van der Waals surface area contributed by atoms with Gasteiger partial charge >= 0.3 is 11.7 Å². The molecule has 0 fully saturated rings. The number of esters is 1. The van der Waals surface area contributed by atoms with Crippen molar-refractivity contribution in [3.05, 3.63) is 33.6 Å². The Kier molecular flexibility index (Phi) is 4.16. The van der Waals surface area contributed by atoms with E-state index < -0.39 is 34.2 Å². The predicted octanol–water partition coefficient (Wildman–Crippen LogP) is 1.00. The Morgan fingerprint density at radius 3 is 2.78 bits per heavy atom. The zero-order chi connectivity index (χ0) is 13.9. The molecule has 0 unspecified atom stereocenters. The topological polar surface area (TPSA) is 116 Å². The van der Waals surface area contributed by atoms with E-state index in [0.717, 1.165) is 13.2 Å². The summed E-state index contributed by atoms with van der Waals surface area (Å²) in [7, 11) is 1.14. The lowest BCUT2D eigenvalue weighted by atomic mass is 10.0. The van der Waals surface area contributed by atoms with Crippen molar-refractivity contribution in [2.75, 3.05) is 7.11 Å². The number of carbonyl (C=O) groups excluding carboxylic acids is 1. The van der Waals surface area contributed by atoms with Crippen LogP contribution in [-0.4, -0.2) is 23.1 Å². The van der Waals surface area contributed by atoms with Gasteiger partial charge in [0.05, 0.1) is 24.5 Å². The second kappa shape index (κ2) is 5.41. The van der Waals surface area contributed by atoms with E-state index in [2.05, 4.69) is 4.74 Å². The molecular weight excluding hydrogens is 247 g/mol. The lowest BCUT2D eigenvalue weighted by Crippen LogP contribution is -2.17. The van der Waals surface area contributed by atoms with Crippen molar-refractivity contribution < 1.29 is 24.0 Å². The summed E-state index contributed by atoms with van der Waals surface area (Å²) in [5.74, 6) is -2.35. The van der Waals surface area contributed by atoms with Crippen LogP contribution < -0.4 is 5.73 Å². The van der Waals surface area contributed by atoms with Crippen LogP contribution in [0.15, 0.2) is 12.1 Å². The van der Waals surface area contributed by atoms with Crippen LogP contribution >= 0.6 is 0 Å². The fourth-order valence-corrected chi connectivity index (χ4v) is 1.40. The highest BCUT2D eigenvalue weighted by atomic mass is 19.1. The van der Waals surface area contributed by atoms with Crippen LogP contribution in [0.3, 0.4) is 0 Å². The Morgan fingerprint density at radius 1 is 1.67 bits per heavy atom. The summed E-state index contributed by atoms with van der Waals surface area (Å²) in [4.78, 5) is 20.6. The van der Waals surface area contributed by atoms with Crippen LogP contribution in [0.1, 0.15) is 18.0 Å². The van der Waals surface area contributed by atoms with Gasteiger partial charge in [-0.2, -0.15) is 0 Å². The van der Waals surface area contributed by atoms with Crippen molar-refractivity contribution in [3.8, 4) is 5.75 Å². The largest absolute Gasteiger partial charge is 0.502 e. The molecule has 0 bridgehead atoms. The van der Waals surface area contributed by atoms with E-state index in [1.165, 1.54) is 0 Å². The fourth-order valence-electron chi connectivity index (χ4n) is 1.40. The third kappa shape index (κ3) is 2.92. The number of hydrogen-bond acceptors (Lipinski definition) is 6. The van der Waals surface area contributed by atoms with Crippen molar-refractivity contribution in [1.29, 1.82) is 0 Å².